The molecule has 5 nitrogen and oxygen atoms in total. The van der Waals surface area contributed by atoms with Gasteiger partial charge in [-0.2, -0.15) is 10.1 Å². The Hall–Kier alpha value is -3.09. The molecule has 0 spiro atoms. The summed E-state index contributed by atoms with van der Waals surface area (Å²) < 4.78 is 26.3. The molecule has 1 aromatic heterocycles. The predicted molar refractivity (Wildman–Crippen MR) is 93.3 cm³/mol. The number of hydrogen-bond acceptors (Lipinski definition) is 5. The van der Waals surface area contributed by atoms with Crippen molar-refractivity contribution in [2.24, 2.45) is 0 Å². The summed E-state index contributed by atoms with van der Waals surface area (Å²) >= 11 is 0. The lowest BCUT2D eigenvalue weighted by atomic mass is 10.0. The van der Waals surface area contributed by atoms with E-state index in [4.69, 9.17) is 0 Å². The van der Waals surface area contributed by atoms with E-state index in [9.17, 15) is 8.78 Å². The Balaban J connectivity index is 1.81. The summed E-state index contributed by atoms with van der Waals surface area (Å²) in [5, 5.41) is 13.9. The van der Waals surface area contributed by atoms with Gasteiger partial charge in [-0.3, -0.25) is 0 Å². The molecule has 0 amide bonds. The Morgan fingerprint density at radius 3 is 2.52 bits per heavy atom. The van der Waals surface area contributed by atoms with Gasteiger partial charge in [0, 0.05) is 17.4 Å². The second-order valence-corrected chi connectivity index (χ2v) is 5.79. The average molecular weight is 341 g/mol. The minimum atomic E-state index is -0.934. The van der Waals surface area contributed by atoms with Crippen molar-refractivity contribution < 1.29 is 8.78 Å². The van der Waals surface area contributed by atoms with Crippen LogP contribution in [0, 0.1) is 11.6 Å². The van der Waals surface area contributed by atoms with Crippen LogP contribution in [0.1, 0.15) is 25.3 Å². The highest BCUT2D eigenvalue weighted by Crippen LogP contribution is 2.26. The van der Waals surface area contributed by atoms with Crippen molar-refractivity contribution in [1.29, 1.82) is 0 Å². The normalized spacial score (nSPS) is 10.8. The summed E-state index contributed by atoms with van der Waals surface area (Å²) in [7, 11) is 0. The van der Waals surface area contributed by atoms with Gasteiger partial charge < -0.3 is 10.6 Å². The number of nitrogens with one attached hydrogen (secondary N) is 2. The van der Waals surface area contributed by atoms with Gasteiger partial charge in [-0.25, -0.2) is 8.78 Å². The smallest absolute Gasteiger partial charge is 0.249 e. The van der Waals surface area contributed by atoms with Crippen molar-refractivity contribution in [1.82, 2.24) is 15.2 Å². The molecule has 0 aliphatic heterocycles. The van der Waals surface area contributed by atoms with Crippen molar-refractivity contribution in [3.8, 4) is 0 Å². The van der Waals surface area contributed by atoms with E-state index in [-0.39, 0.29) is 0 Å². The molecule has 0 aliphatic rings. The standard InChI is InChI=1S/C18H17F2N5/c1-11(2)13-5-3-4-6-16(13)23-18-24-17(10-21-25-18)22-12-7-8-14(19)15(20)9-12/h3-11H,1-2H3,(H2,22,23,24,25). The van der Waals surface area contributed by atoms with Crippen LogP contribution in [0.25, 0.3) is 0 Å². The molecule has 0 fully saturated rings. The largest absolute Gasteiger partial charge is 0.339 e. The van der Waals surface area contributed by atoms with Crippen LogP contribution in [-0.4, -0.2) is 15.2 Å². The first-order chi connectivity index (χ1) is 12.0. The van der Waals surface area contributed by atoms with E-state index in [0.29, 0.717) is 23.4 Å². The van der Waals surface area contributed by atoms with E-state index in [0.717, 1.165) is 23.4 Å². The Kier molecular flexibility index (Phi) is 4.83. The molecule has 3 rings (SSSR count). The first kappa shape index (κ1) is 16.8. The lowest BCUT2D eigenvalue weighted by Gasteiger charge is -2.13. The van der Waals surface area contributed by atoms with Crippen LogP contribution in [0.3, 0.4) is 0 Å². The molecule has 0 saturated heterocycles. The fourth-order valence-electron chi connectivity index (χ4n) is 2.37. The van der Waals surface area contributed by atoms with E-state index < -0.39 is 11.6 Å². The summed E-state index contributed by atoms with van der Waals surface area (Å²) in [4.78, 5) is 4.30. The van der Waals surface area contributed by atoms with E-state index in [1.54, 1.807) is 0 Å². The molecule has 0 unspecified atom stereocenters. The van der Waals surface area contributed by atoms with E-state index in [1.807, 2.05) is 24.3 Å². The average Bonchev–Trinajstić information content (AvgIpc) is 2.59. The van der Waals surface area contributed by atoms with Crippen molar-refractivity contribution in [3.63, 3.8) is 0 Å². The number of hydrogen-bond donors (Lipinski definition) is 2. The van der Waals surface area contributed by atoms with Crippen molar-refractivity contribution in [2.75, 3.05) is 10.6 Å². The van der Waals surface area contributed by atoms with E-state index >= 15 is 0 Å². The molecule has 0 radical (unpaired) electrons. The topological polar surface area (TPSA) is 62.7 Å². The van der Waals surface area contributed by atoms with Crippen LogP contribution in [-0.2, 0) is 0 Å². The van der Waals surface area contributed by atoms with Crippen LogP contribution >= 0.6 is 0 Å². The molecule has 3 aromatic rings. The van der Waals surface area contributed by atoms with Crippen LogP contribution in [0.5, 0.6) is 0 Å². The summed E-state index contributed by atoms with van der Waals surface area (Å²) in [5.74, 6) is -0.832. The number of nitrogens with zero attached hydrogens (tertiary/aromatic N) is 3. The zero-order valence-electron chi connectivity index (χ0n) is 13.8. The number of aromatic nitrogens is 3. The maximum atomic E-state index is 13.3. The Bertz CT molecular complexity index is 883. The molecule has 2 aromatic carbocycles. The predicted octanol–water partition coefficient (Wildman–Crippen LogP) is 4.76. The van der Waals surface area contributed by atoms with Gasteiger partial charge in [-0.15, -0.1) is 5.10 Å². The van der Waals surface area contributed by atoms with Crippen molar-refractivity contribution in [3.05, 3.63) is 65.9 Å². The first-order valence-electron chi connectivity index (χ1n) is 7.80. The van der Waals surface area contributed by atoms with Gasteiger partial charge in [0.05, 0.1) is 6.20 Å². The van der Waals surface area contributed by atoms with Gasteiger partial charge >= 0.3 is 0 Å². The molecule has 7 heteroatoms. The monoisotopic (exact) mass is 341 g/mol. The highest BCUT2D eigenvalue weighted by molar-refractivity contribution is 5.61. The number of halogens is 2. The Morgan fingerprint density at radius 2 is 1.76 bits per heavy atom. The Morgan fingerprint density at radius 1 is 0.960 bits per heavy atom. The van der Waals surface area contributed by atoms with Gasteiger partial charge in [-0.05, 0) is 29.7 Å². The number of rotatable bonds is 5. The molecule has 25 heavy (non-hydrogen) atoms. The van der Waals surface area contributed by atoms with E-state index in [2.05, 4.69) is 39.7 Å². The van der Waals surface area contributed by atoms with Gasteiger partial charge in [-0.1, -0.05) is 32.0 Å². The fourth-order valence-corrected chi connectivity index (χ4v) is 2.37. The third kappa shape index (κ3) is 4.06. The van der Waals surface area contributed by atoms with Gasteiger partial charge in [0.1, 0.15) is 0 Å². The summed E-state index contributed by atoms with van der Waals surface area (Å²) in [6.45, 7) is 4.20. The molecule has 0 aliphatic carbocycles. The minimum absolute atomic E-state index is 0.306. The second kappa shape index (κ2) is 7.21. The summed E-state index contributed by atoms with van der Waals surface area (Å²) in [6, 6.07) is 11.4. The van der Waals surface area contributed by atoms with Crippen molar-refractivity contribution in [2.45, 2.75) is 19.8 Å². The van der Waals surface area contributed by atoms with Gasteiger partial charge in [0.2, 0.25) is 5.95 Å². The second-order valence-electron chi connectivity index (χ2n) is 5.79. The zero-order chi connectivity index (χ0) is 17.8. The molecular weight excluding hydrogens is 324 g/mol. The lowest BCUT2D eigenvalue weighted by molar-refractivity contribution is 0.509. The maximum absolute atomic E-state index is 13.3. The van der Waals surface area contributed by atoms with Crippen LogP contribution in [0.2, 0.25) is 0 Å². The lowest BCUT2D eigenvalue weighted by Crippen LogP contribution is -2.04. The number of benzene rings is 2. The minimum Gasteiger partial charge on any atom is -0.339 e. The van der Waals surface area contributed by atoms with Crippen molar-refractivity contribution >= 4 is 23.1 Å². The van der Waals surface area contributed by atoms with Crippen LogP contribution in [0.15, 0.2) is 48.7 Å². The molecular formula is C18H17F2N5. The summed E-state index contributed by atoms with van der Waals surface area (Å²) in [6.07, 6.45) is 1.40. The Labute approximate surface area is 144 Å². The van der Waals surface area contributed by atoms with Crippen LogP contribution < -0.4 is 10.6 Å². The van der Waals surface area contributed by atoms with Gasteiger partial charge in [0.15, 0.2) is 17.5 Å². The first-order valence-corrected chi connectivity index (χ1v) is 7.80. The molecule has 128 valence electrons. The SMILES string of the molecule is CC(C)c1ccccc1Nc1nncc(Nc2ccc(F)c(F)c2)n1. The highest BCUT2D eigenvalue weighted by atomic mass is 19.2. The van der Waals surface area contributed by atoms with Crippen LogP contribution in [0.4, 0.5) is 31.9 Å². The molecule has 0 atom stereocenters. The zero-order valence-corrected chi connectivity index (χ0v) is 13.8. The van der Waals surface area contributed by atoms with Gasteiger partial charge in [0.25, 0.3) is 0 Å². The molecule has 0 saturated carbocycles. The highest BCUT2D eigenvalue weighted by Gasteiger charge is 2.09. The fraction of sp³-hybridized carbons (Fsp3) is 0.167. The quantitative estimate of drug-likeness (QED) is 0.700. The molecule has 2 N–H and O–H groups in total. The molecule has 1 heterocycles. The van der Waals surface area contributed by atoms with E-state index in [1.165, 1.54) is 12.3 Å². The number of anilines is 4. The third-order valence-electron chi connectivity index (χ3n) is 3.58. The maximum Gasteiger partial charge on any atom is 0.249 e. The summed E-state index contributed by atoms with van der Waals surface area (Å²) in [5.41, 5.74) is 2.39. The molecule has 0 bridgehead atoms. The third-order valence-corrected chi connectivity index (χ3v) is 3.58. The number of para-hydroxylation sites is 1.